The van der Waals surface area contributed by atoms with Crippen LogP contribution in [0, 0.1) is 5.92 Å². The molecule has 1 unspecified atom stereocenters. The Morgan fingerprint density at radius 2 is 2.10 bits per heavy atom. The first kappa shape index (κ1) is 14.2. The molecule has 1 fully saturated rings. The minimum absolute atomic E-state index is 0.0938. The molecule has 0 spiro atoms. The summed E-state index contributed by atoms with van der Waals surface area (Å²) in [6, 6.07) is 4.08. The lowest BCUT2D eigenvalue weighted by molar-refractivity contribution is 0.0697. The number of carbonyl (C=O) groups excluding carboxylic acids is 1. The quantitative estimate of drug-likeness (QED) is 0.771. The van der Waals surface area contributed by atoms with E-state index in [1.54, 1.807) is 0 Å². The van der Waals surface area contributed by atoms with Crippen LogP contribution in [0.15, 0.2) is 18.2 Å². The molecule has 0 radical (unpaired) electrons. The number of urea groups is 1. The Morgan fingerprint density at radius 3 is 2.65 bits per heavy atom. The van der Waals surface area contributed by atoms with Crippen molar-refractivity contribution in [3.8, 4) is 5.75 Å². The highest BCUT2D eigenvalue weighted by atomic mass is 16.5. The van der Waals surface area contributed by atoms with Gasteiger partial charge in [0.05, 0.1) is 18.4 Å². The van der Waals surface area contributed by atoms with Crippen molar-refractivity contribution >= 4 is 17.7 Å². The zero-order valence-electron chi connectivity index (χ0n) is 11.5. The van der Waals surface area contributed by atoms with Crippen LogP contribution in [0.5, 0.6) is 5.75 Å². The van der Waals surface area contributed by atoms with Crippen molar-refractivity contribution in [1.82, 2.24) is 5.32 Å². The first-order valence-electron chi connectivity index (χ1n) is 6.50. The minimum Gasteiger partial charge on any atom is -0.495 e. The summed E-state index contributed by atoms with van der Waals surface area (Å²) in [5.74, 6) is -0.0836. The summed E-state index contributed by atoms with van der Waals surface area (Å²) in [6.07, 6.45) is 2.28. The SMILES string of the molecule is COc1ccc(C(=O)O)cc1NC(=O)NC(C)C1CC1. The van der Waals surface area contributed by atoms with Gasteiger partial charge in [0.2, 0.25) is 0 Å². The van der Waals surface area contributed by atoms with E-state index in [4.69, 9.17) is 9.84 Å². The van der Waals surface area contributed by atoms with Crippen LogP contribution in [0.2, 0.25) is 0 Å². The highest BCUT2D eigenvalue weighted by Gasteiger charge is 2.29. The molecule has 0 aromatic heterocycles. The second-order valence-corrected chi connectivity index (χ2v) is 4.94. The molecular formula is C14H18N2O4. The van der Waals surface area contributed by atoms with Gasteiger partial charge in [0, 0.05) is 6.04 Å². The fourth-order valence-electron chi connectivity index (χ4n) is 2.02. The number of carbonyl (C=O) groups is 2. The summed E-state index contributed by atoms with van der Waals surface area (Å²) in [6.45, 7) is 1.96. The Labute approximate surface area is 117 Å². The summed E-state index contributed by atoms with van der Waals surface area (Å²) in [5.41, 5.74) is 0.434. The maximum Gasteiger partial charge on any atom is 0.335 e. The zero-order valence-corrected chi connectivity index (χ0v) is 11.5. The molecule has 2 rings (SSSR count). The molecule has 1 aliphatic carbocycles. The lowest BCUT2D eigenvalue weighted by atomic mass is 10.2. The topological polar surface area (TPSA) is 87.7 Å². The number of anilines is 1. The van der Waals surface area contributed by atoms with Crippen LogP contribution in [0.25, 0.3) is 0 Å². The Kier molecular flexibility index (Phi) is 4.12. The van der Waals surface area contributed by atoms with E-state index in [-0.39, 0.29) is 17.6 Å². The van der Waals surface area contributed by atoms with Crippen molar-refractivity contribution in [2.75, 3.05) is 12.4 Å². The fourth-order valence-corrected chi connectivity index (χ4v) is 2.02. The van der Waals surface area contributed by atoms with E-state index in [9.17, 15) is 9.59 Å². The Morgan fingerprint density at radius 1 is 1.40 bits per heavy atom. The van der Waals surface area contributed by atoms with Gasteiger partial charge in [-0.2, -0.15) is 0 Å². The summed E-state index contributed by atoms with van der Waals surface area (Å²) in [5, 5.41) is 14.4. The molecule has 0 aliphatic heterocycles. The average molecular weight is 278 g/mol. The number of carboxylic acid groups (broad SMARTS) is 1. The lowest BCUT2D eigenvalue weighted by Crippen LogP contribution is -2.37. The Bertz CT molecular complexity index is 526. The number of nitrogens with one attached hydrogen (secondary N) is 2. The first-order chi connectivity index (χ1) is 9.51. The minimum atomic E-state index is -1.05. The molecule has 6 heteroatoms. The van der Waals surface area contributed by atoms with Crippen molar-refractivity contribution in [3.05, 3.63) is 23.8 Å². The summed E-state index contributed by atoms with van der Waals surface area (Å²) < 4.78 is 5.11. The number of rotatable bonds is 5. The maximum atomic E-state index is 11.9. The smallest absolute Gasteiger partial charge is 0.335 e. The number of aromatic carboxylic acids is 1. The van der Waals surface area contributed by atoms with Crippen LogP contribution in [0.1, 0.15) is 30.1 Å². The van der Waals surface area contributed by atoms with Crippen LogP contribution in [-0.2, 0) is 0 Å². The van der Waals surface area contributed by atoms with Gasteiger partial charge in [-0.25, -0.2) is 9.59 Å². The van der Waals surface area contributed by atoms with Gasteiger partial charge >= 0.3 is 12.0 Å². The van der Waals surface area contributed by atoms with Gasteiger partial charge in [0.15, 0.2) is 0 Å². The number of benzene rings is 1. The Balaban J connectivity index is 2.07. The molecule has 1 aromatic carbocycles. The molecule has 1 atom stereocenters. The van der Waals surface area contributed by atoms with Crippen LogP contribution in [-0.4, -0.2) is 30.3 Å². The third-order valence-electron chi connectivity index (χ3n) is 3.38. The molecule has 3 N–H and O–H groups in total. The maximum absolute atomic E-state index is 11.9. The van der Waals surface area contributed by atoms with E-state index in [0.29, 0.717) is 17.4 Å². The van der Waals surface area contributed by atoms with Gasteiger partial charge in [-0.1, -0.05) is 0 Å². The van der Waals surface area contributed by atoms with E-state index in [2.05, 4.69) is 10.6 Å². The van der Waals surface area contributed by atoms with E-state index >= 15 is 0 Å². The summed E-state index contributed by atoms with van der Waals surface area (Å²) in [4.78, 5) is 22.8. The van der Waals surface area contributed by atoms with Crippen molar-refractivity contribution in [2.45, 2.75) is 25.8 Å². The lowest BCUT2D eigenvalue weighted by Gasteiger charge is -2.15. The van der Waals surface area contributed by atoms with Crippen molar-refractivity contribution in [1.29, 1.82) is 0 Å². The van der Waals surface area contributed by atoms with Crippen LogP contribution in [0.3, 0.4) is 0 Å². The molecule has 6 nitrogen and oxygen atoms in total. The largest absolute Gasteiger partial charge is 0.495 e. The first-order valence-corrected chi connectivity index (χ1v) is 6.50. The van der Waals surface area contributed by atoms with Crippen LogP contribution in [0.4, 0.5) is 10.5 Å². The molecule has 1 aromatic rings. The zero-order chi connectivity index (χ0) is 14.7. The number of hydrogen-bond donors (Lipinski definition) is 3. The average Bonchev–Trinajstić information content (AvgIpc) is 3.22. The highest BCUT2D eigenvalue weighted by molar-refractivity contribution is 5.94. The third-order valence-corrected chi connectivity index (χ3v) is 3.38. The van der Waals surface area contributed by atoms with Gasteiger partial charge in [0.25, 0.3) is 0 Å². The fraction of sp³-hybridized carbons (Fsp3) is 0.429. The second kappa shape index (κ2) is 5.81. The molecule has 0 heterocycles. The van der Waals surface area contributed by atoms with Gasteiger partial charge in [-0.15, -0.1) is 0 Å². The molecule has 20 heavy (non-hydrogen) atoms. The van der Waals surface area contributed by atoms with E-state index in [0.717, 1.165) is 12.8 Å². The molecule has 1 saturated carbocycles. The van der Waals surface area contributed by atoms with E-state index in [1.165, 1.54) is 25.3 Å². The van der Waals surface area contributed by atoms with E-state index < -0.39 is 5.97 Å². The predicted molar refractivity (Wildman–Crippen MR) is 74.3 cm³/mol. The van der Waals surface area contributed by atoms with Gasteiger partial charge in [-0.3, -0.25) is 0 Å². The summed E-state index contributed by atoms with van der Waals surface area (Å²) >= 11 is 0. The normalized spacial score (nSPS) is 15.3. The van der Waals surface area contributed by atoms with Crippen molar-refractivity contribution in [3.63, 3.8) is 0 Å². The monoisotopic (exact) mass is 278 g/mol. The number of carboxylic acids is 1. The second-order valence-electron chi connectivity index (χ2n) is 4.94. The molecule has 0 bridgehead atoms. The standard InChI is InChI=1S/C14H18N2O4/c1-8(9-3-4-9)15-14(19)16-11-7-10(13(17)18)5-6-12(11)20-2/h5-9H,3-4H2,1-2H3,(H,17,18)(H2,15,16,19). The highest BCUT2D eigenvalue weighted by Crippen LogP contribution is 2.32. The molecule has 0 saturated heterocycles. The number of ether oxygens (including phenoxy) is 1. The van der Waals surface area contributed by atoms with Crippen LogP contribution < -0.4 is 15.4 Å². The Hall–Kier alpha value is -2.24. The number of amides is 2. The van der Waals surface area contributed by atoms with E-state index in [1.807, 2.05) is 6.92 Å². The van der Waals surface area contributed by atoms with Gasteiger partial charge < -0.3 is 20.5 Å². The molecule has 2 amide bonds. The predicted octanol–water partition coefficient (Wildman–Crippen LogP) is 2.31. The van der Waals surface area contributed by atoms with Gasteiger partial charge in [0.1, 0.15) is 5.75 Å². The molecular weight excluding hydrogens is 260 g/mol. The molecule has 1 aliphatic rings. The van der Waals surface area contributed by atoms with Crippen LogP contribution >= 0.6 is 0 Å². The number of hydrogen-bond acceptors (Lipinski definition) is 3. The van der Waals surface area contributed by atoms with Crippen molar-refractivity contribution in [2.24, 2.45) is 5.92 Å². The summed E-state index contributed by atoms with van der Waals surface area (Å²) in [7, 11) is 1.46. The van der Waals surface area contributed by atoms with Crippen molar-refractivity contribution < 1.29 is 19.4 Å². The molecule has 108 valence electrons. The third kappa shape index (κ3) is 3.40. The van der Waals surface area contributed by atoms with Gasteiger partial charge in [-0.05, 0) is 43.9 Å². The number of methoxy groups -OCH3 is 1.